The van der Waals surface area contributed by atoms with Crippen LogP contribution in [-0.2, 0) is 6.54 Å². The van der Waals surface area contributed by atoms with E-state index in [9.17, 15) is 4.79 Å². The van der Waals surface area contributed by atoms with Crippen molar-refractivity contribution in [2.24, 2.45) is 0 Å². The molecule has 1 aliphatic heterocycles. The highest BCUT2D eigenvalue weighted by Gasteiger charge is 2.27. The zero-order valence-electron chi connectivity index (χ0n) is 15.6. The van der Waals surface area contributed by atoms with Crippen LogP contribution in [0.2, 0.25) is 0 Å². The Morgan fingerprint density at radius 3 is 2.72 bits per heavy atom. The molecule has 136 valence electrons. The van der Waals surface area contributed by atoms with Gasteiger partial charge in [0.2, 0.25) is 0 Å². The van der Waals surface area contributed by atoms with Crippen LogP contribution in [0.15, 0.2) is 18.6 Å². The van der Waals surface area contributed by atoms with Gasteiger partial charge in [0.15, 0.2) is 5.65 Å². The molecule has 1 atom stereocenters. The average Bonchev–Trinajstić information content (AvgIpc) is 3.04. The third-order valence-electron chi connectivity index (χ3n) is 5.19. The predicted molar refractivity (Wildman–Crippen MR) is 97.6 cm³/mol. The van der Waals surface area contributed by atoms with Crippen molar-refractivity contribution in [1.82, 2.24) is 29.3 Å². The van der Waals surface area contributed by atoms with Crippen LogP contribution >= 0.6 is 0 Å². The normalized spacial score (nSPS) is 19.1. The van der Waals surface area contributed by atoms with Gasteiger partial charge in [-0.15, -0.1) is 0 Å². The minimum atomic E-state index is 0.0268. The quantitative estimate of drug-likeness (QED) is 0.819. The summed E-state index contributed by atoms with van der Waals surface area (Å²) in [4.78, 5) is 23.9. The molecule has 0 N–H and O–H groups in total. The van der Waals surface area contributed by atoms with Gasteiger partial charge in [-0.05, 0) is 27.1 Å². The third-order valence-corrected chi connectivity index (χ3v) is 5.19. The van der Waals surface area contributed by atoms with E-state index >= 15 is 0 Å². The molecule has 1 saturated heterocycles. The highest BCUT2D eigenvalue weighted by atomic mass is 16.2. The largest absolute Gasteiger partial charge is 0.336 e. The van der Waals surface area contributed by atoms with Crippen molar-refractivity contribution in [2.45, 2.75) is 33.4 Å². The molecule has 0 aliphatic carbocycles. The molecule has 7 heteroatoms. The molecular formula is C18H28N6O. The summed E-state index contributed by atoms with van der Waals surface area (Å²) in [5, 5.41) is 4.37. The lowest BCUT2D eigenvalue weighted by Gasteiger charge is -2.37. The fraction of sp³-hybridized carbons (Fsp3) is 0.611. The van der Waals surface area contributed by atoms with Gasteiger partial charge in [-0.3, -0.25) is 9.69 Å². The van der Waals surface area contributed by atoms with Gasteiger partial charge in [0.25, 0.3) is 5.91 Å². The van der Waals surface area contributed by atoms with Crippen LogP contribution < -0.4 is 0 Å². The first-order chi connectivity index (χ1) is 12.0. The minimum Gasteiger partial charge on any atom is -0.336 e. The van der Waals surface area contributed by atoms with E-state index in [4.69, 9.17) is 0 Å². The van der Waals surface area contributed by atoms with E-state index in [2.05, 4.69) is 47.7 Å². The lowest BCUT2D eigenvalue weighted by molar-refractivity contribution is 0.0574. The Morgan fingerprint density at radius 1 is 1.28 bits per heavy atom. The summed E-state index contributed by atoms with van der Waals surface area (Å²) in [5.41, 5.74) is 2.33. The molecule has 7 nitrogen and oxygen atoms in total. The SMILES string of the molecule is CCN(CC)Cc1cnc2c(C(=O)N3CCN(C)[C@H](C)C3)cnn2c1. The summed E-state index contributed by atoms with van der Waals surface area (Å²) < 4.78 is 1.73. The van der Waals surface area contributed by atoms with Gasteiger partial charge >= 0.3 is 0 Å². The summed E-state index contributed by atoms with van der Waals surface area (Å²) in [6, 6.07) is 0.369. The Hall–Kier alpha value is -1.99. The maximum atomic E-state index is 12.9. The van der Waals surface area contributed by atoms with E-state index in [0.29, 0.717) is 17.3 Å². The number of carbonyl (C=O) groups is 1. The molecule has 2 aromatic heterocycles. The molecule has 2 aromatic rings. The lowest BCUT2D eigenvalue weighted by atomic mass is 10.2. The van der Waals surface area contributed by atoms with Crippen LogP contribution in [-0.4, -0.2) is 81.0 Å². The van der Waals surface area contributed by atoms with Crippen LogP contribution in [0.4, 0.5) is 0 Å². The fourth-order valence-electron chi connectivity index (χ4n) is 3.25. The first kappa shape index (κ1) is 17.8. The summed E-state index contributed by atoms with van der Waals surface area (Å²) in [6.45, 7) is 11.7. The molecule has 0 bridgehead atoms. The first-order valence-corrected chi connectivity index (χ1v) is 9.07. The van der Waals surface area contributed by atoms with E-state index in [1.165, 1.54) is 0 Å². The van der Waals surface area contributed by atoms with Gasteiger partial charge in [0.05, 0.1) is 6.20 Å². The van der Waals surface area contributed by atoms with Crippen LogP contribution in [0.1, 0.15) is 36.7 Å². The summed E-state index contributed by atoms with van der Waals surface area (Å²) >= 11 is 0. The number of nitrogens with zero attached hydrogens (tertiary/aromatic N) is 6. The monoisotopic (exact) mass is 344 g/mol. The molecule has 0 spiro atoms. The van der Waals surface area contributed by atoms with Crippen LogP contribution in [0.25, 0.3) is 5.65 Å². The van der Waals surface area contributed by atoms with E-state index in [0.717, 1.165) is 44.8 Å². The van der Waals surface area contributed by atoms with Crippen LogP contribution in [0.5, 0.6) is 0 Å². The van der Waals surface area contributed by atoms with Crippen molar-refractivity contribution in [2.75, 3.05) is 39.8 Å². The second-order valence-corrected chi connectivity index (χ2v) is 6.83. The predicted octanol–water partition coefficient (Wildman–Crippen LogP) is 1.35. The number of aromatic nitrogens is 3. The fourth-order valence-corrected chi connectivity index (χ4v) is 3.25. The van der Waals surface area contributed by atoms with Crippen molar-refractivity contribution in [3.63, 3.8) is 0 Å². The second kappa shape index (κ2) is 7.49. The smallest absolute Gasteiger partial charge is 0.259 e. The van der Waals surface area contributed by atoms with E-state index in [1.54, 1.807) is 10.7 Å². The van der Waals surface area contributed by atoms with Gasteiger partial charge in [-0.2, -0.15) is 5.10 Å². The molecule has 1 fully saturated rings. The maximum absolute atomic E-state index is 12.9. The third kappa shape index (κ3) is 3.67. The molecule has 0 radical (unpaired) electrons. The Bertz CT molecular complexity index is 738. The number of likely N-dealkylation sites (N-methyl/N-ethyl adjacent to an activating group) is 1. The first-order valence-electron chi connectivity index (χ1n) is 9.07. The van der Waals surface area contributed by atoms with E-state index in [1.807, 2.05) is 17.3 Å². The molecule has 3 rings (SSSR count). The number of rotatable bonds is 5. The highest BCUT2D eigenvalue weighted by Crippen LogP contribution is 2.16. The topological polar surface area (TPSA) is 57.0 Å². The van der Waals surface area contributed by atoms with Gasteiger partial charge in [0.1, 0.15) is 5.56 Å². The van der Waals surface area contributed by atoms with Gasteiger partial charge < -0.3 is 9.80 Å². The molecule has 1 aliphatic rings. The summed E-state index contributed by atoms with van der Waals surface area (Å²) in [5.74, 6) is 0.0268. The van der Waals surface area contributed by atoms with Gasteiger partial charge in [0, 0.05) is 50.2 Å². The molecule has 0 aromatic carbocycles. The Kier molecular flexibility index (Phi) is 5.34. The summed E-state index contributed by atoms with van der Waals surface area (Å²) in [6.07, 6.45) is 5.48. The Balaban J connectivity index is 1.80. The Labute approximate surface area is 149 Å². The molecule has 25 heavy (non-hydrogen) atoms. The highest BCUT2D eigenvalue weighted by molar-refractivity contribution is 5.99. The molecule has 3 heterocycles. The zero-order valence-corrected chi connectivity index (χ0v) is 15.6. The number of carbonyl (C=O) groups excluding carboxylic acids is 1. The van der Waals surface area contributed by atoms with Gasteiger partial charge in [-0.1, -0.05) is 13.8 Å². The van der Waals surface area contributed by atoms with E-state index in [-0.39, 0.29) is 5.91 Å². The second-order valence-electron chi connectivity index (χ2n) is 6.83. The molecule has 1 amide bonds. The molecular weight excluding hydrogens is 316 g/mol. The van der Waals surface area contributed by atoms with E-state index < -0.39 is 0 Å². The van der Waals surface area contributed by atoms with Crippen LogP contribution in [0.3, 0.4) is 0 Å². The number of fused-ring (bicyclic) bond motifs is 1. The Morgan fingerprint density at radius 2 is 2.04 bits per heavy atom. The van der Waals surface area contributed by atoms with Crippen molar-refractivity contribution < 1.29 is 4.79 Å². The van der Waals surface area contributed by atoms with Crippen molar-refractivity contribution in [3.05, 3.63) is 29.7 Å². The standard InChI is InChI=1S/C18H28N6O/c1-5-22(6-2)12-15-9-19-17-16(10-20-24(17)13-15)18(25)23-8-7-21(4)14(3)11-23/h9-10,13-14H,5-8,11-12H2,1-4H3/t14-/m1/s1. The molecule has 0 unspecified atom stereocenters. The maximum Gasteiger partial charge on any atom is 0.259 e. The average molecular weight is 344 g/mol. The number of hydrogen-bond acceptors (Lipinski definition) is 5. The van der Waals surface area contributed by atoms with Crippen molar-refractivity contribution in [3.8, 4) is 0 Å². The lowest BCUT2D eigenvalue weighted by Crippen LogP contribution is -2.52. The number of amides is 1. The van der Waals surface area contributed by atoms with Gasteiger partial charge in [-0.25, -0.2) is 9.50 Å². The minimum absolute atomic E-state index is 0.0268. The number of piperazine rings is 1. The van der Waals surface area contributed by atoms with Crippen molar-refractivity contribution >= 4 is 11.6 Å². The summed E-state index contributed by atoms with van der Waals surface area (Å²) in [7, 11) is 2.10. The van der Waals surface area contributed by atoms with Crippen LogP contribution in [0, 0.1) is 0 Å². The zero-order chi connectivity index (χ0) is 18.0. The number of hydrogen-bond donors (Lipinski definition) is 0. The van der Waals surface area contributed by atoms with Crippen molar-refractivity contribution in [1.29, 1.82) is 0 Å². The molecule has 0 saturated carbocycles.